The van der Waals surface area contributed by atoms with Crippen LogP contribution in [0.15, 0.2) is 0 Å². The molecule has 0 bridgehead atoms. The van der Waals surface area contributed by atoms with E-state index in [2.05, 4.69) is 0 Å². The van der Waals surface area contributed by atoms with E-state index < -0.39 is 12.0 Å². The number of nitrogens with two attached hydrogens (primary N) is 1. The predicted molar refractivity (Wildman–Crippen MR) is 41.3 cm³/mol. The van der Waals surface area contributed by atoms with Crippen LogP contribution in [0.4, 0.5) is 0 Å². The molecule has 0 aromatic carbocycles. The van der Waals surface area contributed by atoms with Crippen molar-refractivity contribution in [2.45, 2.75) is 32.4 Å². The van der Waals surface area contributed by atoms with Gasteiger partial charge in [-0.25, -0.2) is 0 Å². The standard InChI is InChI=1S/C7H15NO3/c1-3-5(2)11-4-6(8)7(9)10/h5-6H,3-4,8H2,1-2H3,(H,9,10). The number of rotatable bonds is 5. The van der Waals surface area contributed by atoms with Crippen molar-refractivity contribution in [3.63, 3.8) is 0 Å². The highest BCUT2D eigenvalue weighted by molar-refractivity contribution is 5.73. The Kier molecular flexibility index (Phi) is 4.81. The fourth-order valence-corrected chi connectivity index (χ4v) is 0.457. The Morgan fingerprint density at radius 1 is 1.73 bits per heavy atom. The molecule has 0 saturated carbocycles. The van der Waals surface area contributed by atoms with Crippen LogP contribution < -0.4 is 5.73 Å². The Bertz CT molecular complexity index is 127. The summed E-state index contributed by atoms with van der Waals surface area (Å²) in [5.41, 5.74) is 5.19. The zero-order chi connectivity index (χ0) is 8.85. The molecule has 0 spiro atoms. The molecule has 2 unspecified atom stereocenters. The zero-order valence-corrected chi connectivity index (χ0v) is 6.91. The van der Waals surface area contributed by atoms with Crippen LogP contribution in [0.1, 0.15) is 20.3 Å². The van der Waals surface area contributed by atoms with Crippen molar-refractivity contribution >= 4 is 5.97 Å². The third-order valence-corrected chi connectivity index (χ3v) is 1.45. The summed E-state index contributed by atoms with van der Waals surface area (Å²) in [6, 6.07) is -0.899. The minimum Gasteiger partial charge on any atom is -0.480 e. The average Bonchev–Trinajstić information content (AvgIpc) is 1.99. The maximum atomic E-state index is 10.2. The van der Waals surface area contributed by atoms with Gasteiger partial charge in [0.05, 0.1) is 12.7 Å². The molecule has 0 amide bonds. The first-order valence-corrected chi connectivity index (χ1v) is 3.68. The topological polar surface area (TPSA) is 72.5 Å². The Hall–Kier alpha value is -0.610. The summed E-state index contributed by atoms with van der Waals surface area (Å²) >= 11 is 0. The van der Waals surface area contributed by atoms with Gasteiger partial charge in [-0.05, 0) is 13.3 Å². The lowest BCUT2D eigenvalue weighted by atomic mass is 10.3. The molecular weight excluding hydrogens is 146 g/mol. The van der Waals surface area contributed by atoms with Crippen molar-refractivity contribution in [2.24, 2.45) is 5.73 Å². The summed E-state index contributed by atoms with van der Waals surface area (Å²) in [5.74, 6) is -1.02. The van der Waals surface area contributed by atoms with E-state index in [-0.39, 0.29) is 12.7 Å². The summed E-state index contributed by atoms with van der Waals surface area (Å²) in [6.45, 7) is 3.94. The van der Waals surface area contributed by atoms with E-state index in [1.807, 2.05) is 13.8 Å². The first-order chi connectivity index (χ1) is 5.07. The molecular formula is C7H15NO3. The number of hydrogen-bond acceptors (Lipinski definition) is 3. The van der Waals surface area contributed by atoms with Crippen LogP contribution in [-0.4, -0.2) is 29.8 Å². The molecule has 0 aliphatic heterocycles. The van der Waals surface area contributed by atoms with Crippen LogP contribution in [0, 0.1) is 0 Å². The molecule has 0 radical (unpaired) electrons. The lowest BCUT2D eigenvalue weighted by Gasteiger charge is -2.12. The van der Waals surface area contributed by atoms with Crippen LogP contribution in [0.5, 0.6) is 0 Å². The number of hydrogen-bond donors (Lipinski definition) is 2. The molecule has 2 atom stereocenters. The van der Waals surface area contributed by atoms with E-state index in [1.54, 1.807) is 0 Å². The summed E-state index contributed by atoms with van der Waals surface area (Å²) in [7, 11) is 0. The van der Waals surface area contributed by atoms with E-state index in [9.17, 15) is 4.79 Å². The molecule has 66 valence electrons. The molecule has 3 N–H and O–H groups in total. The van der Waals surface area contributed by atoms with Gasteiger partial charge in [-0.15, -0.1) is 0 Å². The molecule has 0 heterocycles. The monoisotopic (exact) mass is 161 g/mol. The molecule has 4 nitrogen and oxygen atoms in total. The van der Waals surface area contributed by atoms with E-state index in [1.165, 1.54) is 0 Å². The highest BCUT2D eigenvalue weighted by Crippen LogP contribution is 1.95. The Morgan fingerprint density at radius 2 is 2.27 bits per heavy atom. The first-order valence-electron chi connectivity index (χ1n) is 3.68. The highest BCUT2D eigenvalue weighted by atomic mass is 16.5. The van der Waals surface area contributed by atoms with Crippen LogP contribution in [0.25, 0.3) is 0 Å². The van der Waals surface area contributed by atoms with Crippen molar-refractivity contribution < 1.29 is 14.6 Å². The fourth-order valence-electron chi connectivity index (χ4n) is 0.457. The van der Waals surface area contributed by atoms with E-state index in [4.69, 9.17) is 15.6 Å². The maximum Gasteiger partial charge on any atom is 0.322 e. The summed E-state index contributed by atoms with van der Waals surface area (Å²) in [4.78, 5) is 10.2. The molecule has 11 heavy (non-hydrogen) atoms. The van der Waals surface area contributed by atoms with Gasteiger partial charge in [0.25, 0.3) is 0 Å². The SMILES string of the molecule is CCC(C)OCC(N)C(=O)O. The minimum absolute atomic E-state index is 0.0837. The number of ether oxygens (including phenoxy) is 1. The zero-order valence-electron chi connectivity index (χ0n) is 6.91. The second-order valence-corrected chi connectivity index (χ2v) is 2.50. The molecule has 0 aliphatic carbocycles. The van der Waals surface area contributed by atoms with Gasteiger partial charge in [-0.1, -0.05) is 6.92 Å². The molecule has 0 aliphatic rings. The van der Waals surface area contributed by atoms with Crippen LogP contribution in [-0.2, 0) is 9.53 Å². The average molecular weight is 161 g/mol. The van der Waals surface area contributed by atoms with E-state index >= 15 is 0 Å². The third kappa shape index (κ3) is 4.75. The van der Waals surface area contributed by atoms with Gasteiger partial charge in [0.2, 0.25) is 0 Å². The van der Waals surface area contributed by atoms with Gasteiger partial charge < -0.3 is 15.6 Å². The summed E-state index contributed by atoms with van der Waals surface area (Å²) in [5, 5.41) is 8.36. The normalized spacial score (nSPS) is 15.9. The largest absolute Gasteiger partial charge is 0.480 e. The van der Waals surface area contributed by atoms with Crippen molar-refractivity contribution in [3.8, 4) is 0 Å². The highest BCUT2D eigenvalue weighted by Gasteiger charge is 2.12. The number of aliphatic carboxylic acids is 1. The Labute approximate surface area is 66.3 Å². The lowest BCUT2D eigenvalue weighted by molar-refractivity contribution is -0.140. The van der Waals surface area contributed by atoms with Gasteiger partial charge in [0.15, 0.2) is 0 Å². The lowest BCUT2D eigenvalue weighted by Crippen LogP contribution is -2.36. The minimum atomic E-state index is -1.02. The third-order valence-electron chi connectivity index (χ3n) is 1.45. The van der Waals surface area contributed by atoms with Gasteiger partial charge in [0, 0.05) is 0 Å². The number of carboxylic acid groups (broad SMARTS) is 1. The smallest absolute Gasteiger partial charge is 0.322 e. The van der Waals surface area contributed by atoms with Crippen LogP contribution >= 0.6 is 0 Å². The second kappa shape index (κ2) is 5.09. The number of carbonyl (C=O) groups is 1. The number of carboxylic acids is 1. The molecule has 4 heteroatoms. The van der Waals surface area contributed by atoms with Gasteiger partial charge >= 0.3 is 5.97 Å². The molecule has 0 rings (SSSR count). The molecule has 0 fully saturated rings. The molecule has 0 aromatic heterocycles. The first kappa shape index (κ1) is 10.4. The van der Waals surface area contributed by atoms with Gasteiger partial charge in [-0.3, -0.25) is 4.79 Å². The fraction of sp³-hybridized carbons (Fsp3) is 0.857. The van der Waals surface area contributed by atoms with Crippen LogP contribution in [0.3, 0.4) is 0 Å². The van der Waals surface area contributed by atoms with E-state index in [0.717, 1.165) is 6.42 Å². The Morgan fingerprint density at radius 3 is 2.64 bits per heavy atom. The van der Waals surface area contributed by atoms with Crippen molar-refractivity contribution in [2.75, 3.05) is 6.61 Å². The van der Waals surface area contributed by atoms with Gasteiger partial charge in [0.1, 0.15) is 6.04 Å². The van der Waals surface area contributed by atoms with E-state index in [0.29, 0.717) is 0 Å². The summed E-state index contributed by atoms with van der Waals surface area (Å²) in [6.07, 6.45) is 0.951. The summed E-state index contributed by atoms with van der Waals surface area (Å²) < 4.78 is 5.11. The molecule has 0 saturated heterocycles. The second-order valence-electron chi connectivity index (χ2n) is 2.50. The van der Waals surface area contributed by atoms with Crippen molar-refractivity contribution in [3.05, 3.63) is 0 Å². The van der Waals surface area contributed by atoms with Gasteiger partial charge in [-0.2, -0.15) is 0 Å². The van der Waals surface area contributed by atoms with Crippen molar-refractivity contribution in [1.82, 2.24) is 0 Å². The predicted octanol–water partition coefficient (Wildman–Crippen LogP) is 0.213. The Balaban J connectivity index is 3.45. The van der Waals surface area contributed by atoms with Crippen molar-refractivity contribution in [1.29, 1.82) is 0 Å². The van der Waals surface area contributed by atoms with Crippen LogP contribution in [0.2, 0.25) is 0 Å². The molecule has 0 aromatic rings. The quantitative estimate of drug-likeness (QED) is 0.604. The maximum absolute atomic E-state index is 10.2.